The summed E-state index contributed by atoms with van der Waals surface area (Å²) in [5.41, 5.74) is 23.6. The number of rotatable bonds is 10. The summed E-state index contributed by atoms with van der Waals surface area (Å²) in [6, 6.07) is 118. The van der Waals surface area contributed by atoms with Gasteiger partial charge in [0.05, 0.1) is 11.0 Å². The fourth-order valence-corrected chi connectivity index (χ4v) is 13.5. The number of benzene rings is 14. The monoisotopic (exact) mass is 1160 g/mol. The highest BCUT2D eigenvalue weighted by Gasteiger charge is 2.21. The minimum atomic E-state index is 0.938. The molecule has 0 spiro atoms. The summed E-state index contributed by atoms with van der Waals surface area (Å²) in [7, 11) is 0. The van der Waals surface area contributed by atoms with Crippen molar-refractivity contribution in [3.63, 3.8) is 0 Å². The average molecular weight is 1160 g/mol. The van der Waals surface area contributed by atoms with E-state index in [1.165, 1.54) is 121 Å². The first-order valence-electron chi connectivity index (χ1n) is 31.0. The zero-order valence-electron chi connectivity index (χ0n) is 49.8. The van der Waals surface area contributed by atoms with Crippen LogP contribution in [0.2, 0.25) is 0 Å². The van der Waals surface area contributed by atoms with Crippen LogP contribution >= 0.6 is 0 Å². The minimum Gasteiger partial charge on any atom is -0.292 e. The molecule has 17 aromatic rings. The first kappa shape index (κ1) is 54.3. The highest BCUT2D eigenvalue weighted by molar-refractivity contribution is 6.23. The van der Waals surface area contributed by atoms with Crippen LogP contribution in [-0.2, 0) is 0 Å². The van der Waals surface area contributed by atoms with Crippen molar-refractivity contribution < 1.29 is 0 Å². The molecule has 0 aliphatic carbocycles. The summed E-state index contributed by atoms with van der Waals surface area (Å²) in [6.45, 7) is 0. The smallest absolute Gasteiger partial charge is 0.145 e. The maximum absolute atomic E-state index is 5.08. The molecule has 0 radical (unpaired) electrons. The molecule has 14 aromatic carbocycles. The van der Waals surface area contributed by atoms with Crippen LogP contribution in [0.25, 0.3) is 160 Å². The van der Waals surface area contributed by atoms with Crippen LogP contribution in [0.4, 0.5) is 0 Å². The Labute approximate surface area is 529 Å². The highest BCUT2D eigenvalue weighted by Crippen LogP contribution is 2.48. The lowest BCUT2D eigenvalue weighted by molar-refractivity contribution is 1.10. The molecule has 0 amide bonds. The Morgan fingerprint density at radius 3 is 1.01 bits per heavy atom. The zero-order chi connectivity index (χ0) is 60.5. The maximum atomic E-state index is 5.08. The average Bonchev–Trinajstić information content (AvgIpc) is 1.48. The lowest BCUT2D eigenvalue weighted by Gasteiger charge is -2.19. The number of pyridine rings is 2. The molecule has 0 saturated heterocycles. The Kier molecular flexibility index (Phi) is 14.2. The van der Waals surface area contributed by atoms with Crippen molar-refractivity contribution in [2.24, 2.45) is 0 Å². The van der Waals surface area contributed by atoms with Crippen LogP contribution in [0, 0.1) is 0 Å². The number of hydrogen-bond acceptors (Lipinski definition) is 3. The lowest BCUT2D eigenvalue weighted by atomic mass is 9.84. The molecule has 0 N–H and O–H groups in total. The van der Waals surface area contributed by atoms with Gasteiger partial charge in [0, 0.05) is 36.0 Å². The fraction of sp³-hybridized carbons (Fsp3) is 0. The van der Waals surface area contributed by atoms with E-state index in [1.807, 2.05) is 30.9 Å². The van der Waals surface area contributed by atoms with Gasteiger partial charge in [-0.3, -0.25) is 14.5 Å². The largest absolute Gasteiger partial charge is 0.292 e. The Bertz CT molecular complexity index is 5480. The van der Waals surface area contributed by atoms with Gasteiger partial charge in [0.15, 0.2) is 0 Å². The third kappa shape index (κ3) is 10.3. The molecule has 91 heavy (non-hydrogen) atoms. The molecule has 0 atom stereocenters. The standard InChI is InChI=1S/C45H30N2.C42H28N2/c1-4-14-32(15-5-1)43-37-20-10-11-21-38(37)44(33-16-6-2-7-17-33)40-30-35(28-29-39(40)43)31-24-26-34(27-25-31)45-46-41-22-12-13-23-42(41)47(45)36-18-8-3-9-19-36;1-2-8-29(9-3-1)34-16-17-39-40(28-34)42(36-13-7-11-33(27-36)31-20-24-44-25-21-31)38-15-5-4-14-37(38)41(39)35-12-6-10-32(26-35)30-18-22-43-23-19-30/h1-30H;1-28H. The second kappa shape index (κ2) is 23.9. The molecular formula is C87H58N4. The Balaban J connectivity index is 0.000000146. The first-order chi connectivity index (χ1) is 45.2. The Morgan fingerprint density at radius 2 is 0.516 bits per heavy atom. The number of nitrogens with zero attached hydrogens (tertiary/aromatic N) is 4. The molecule has 0 unspecified atom stereocenters. The van der Waals surface area contributed by atoms with Crippen LogP contribution in [-0.4, -0.2) is 19.5 Å². The molecule has 4 heteroatoms. The van der Waals surface area contributed by atoms with E-state index < -0.39 is 0 Å². The van der Waals surface area contributed by atoms with Crippen LogP contribution in [0.5, 0.6) is 0 Å². The topological polar surface area (TPSA) is 43.6 Å². The molecule has 0 aliphatic rings. The van der Waals surface area contributed by atoms with Crippen molar-refractivity contribution >= 4 is 54.1 Å². The van der Waals surface area contributed by atoms with Gasteiger partial charge in [-0.25, -0.2) is 4.98 Å². The van der Waals surface area contributed by atoms with Crippen molar-refractivity contribution in [2.45, 2.75) is 0 Å². The highest BCUT2D eigenvalue weighted by atomic mass is 15.1. The van der Waals surface area contributed by atoms with E-state index in [0.717, 1.165) is 39.2 Å². The van der Waals surface area contributed by atoms with E-state index >= 15 is 0 Å². The van der Waals surface area contributed by atoms with Gasteiger partial charge in [-0.1, -0.05) is 255 Å². The third-order valence-corrected chi connectivity index (χ3v) is 17.7. The van der Waals surface area contributed by atoms with Crippen molar-refractivity contribution in [3.8, 4) is 106 Å². The van der Waals surface area contributed by atoms with E-state index in [0.29, 0.717) is 0 Å². The molecule has 0 aliphatic heterocycles. The molecule has 426 valence electrons. The predicted octanol–water partition coefficient (Wildman–Crippen LogP) is 23.1. The summed E-state index contributed by atoms with van der Waals surface area (Å²) in [5, 5.41) is 9.98. The maximum Gasteiger partial charge on any atom is 0.145 e. The van der Waals surface area contributed by atoms with Crippen molar-refractivity contribution in [3.05, 3.63) is 352 Å². The van der Waals surface area contributed by atoms with Gasteiger partial charge in [0.25, 0.3) is 0 Å². The third-order valence-electron chi connectivity index (χ3n) is 17.7. The van der Waals surface area contributed by atoms with Gasteiger partial charge in [-0.2, -0.15) is 0 Å². The van der Waals surface area contributed by atoms with Gasteiger partial charge < -0.3 is 0 Å². The lowest BCUT2D eigenvalue weighted by Crippen LogP contribution is -1.97. The summed E-state index contributed by atoms with van der Waals surface area (Å²) in [4.78, 5) is 13.5. The summed E-state index contributed by atoms with van der Waals surface area (Å²) >= 11 is 0. The summed E-state index contributed by atoms with van der Waals surface area (Å²) in [5.74, 6) is 0.938. The number of hydrogen-bond donors (Lipinski definition) is 0. The normalized spacial score (nSPS) is 11.3. The van der Waals surface area contributed by atoms with E-state index in [2.05, 4.69) is 336 Å². The number of aromatic nitrogens is 4. The Hall–Kier alpha value is -12.1. The molecule has 4 nitrogen and oxygen atoms in total. The zero-order valence-corrected chi connectivity index (χ0v) is 49.8. The SMILES string of the molecule is c1ccc(-c2c3ccccc3c(-c3ccccc3)c3cc(-c4ccc(-c5nc6ccccc6n5-c5ccccc5)cc4)ccc23)cc1.c1ccc(-c2ccc3c(-c4cccc(-c5ccncc5)c4)c4ccccc4c(-c4cccc(-c5ccncc5)c4)c3c2)cc1. The number of fused-ring (bicyclic) bond motifs is 5. The number of imidazole rings is 1. The first-order valence-corrected chi connectivity index (χ1v) is 31.0. The molecule has 0 saturated carbocycles. The van der Waals surface area contributed by atoms with Crippen molar-refractivity contribution in [1.29, 1.82) is 0 Å². The van der Waals surface area contributed by atoms with E-state index in [9.17, 15) is 0 Å². The summed E-state index contributed by atoms with van der Waals surface area (Å²) < 4.78 is 2.25. The molecular weight excluding hydrogens is 1100 g/mol. The van der Waals surface area contributed by atoms with E-state index in [-0.39, 0.29) is 0 Å². The van der Waals surface area contributed by atoms with Crippen LogP contribution in [0.3, 0.4) is 0 Å². The van der Waals surface area contributed by atoms with Gasteiger partial charge in [-0.05, 0) is 205 Å². The van der Waals surface area contributed by atoms with Gasteiger partial charge in [-0.15, -0.1) is 0 Å². The quantitative estimate of drug-likeness (QED) is 0.128. The van der Waals surface area contributed by atoms with Crippen molar-refractivity contribution in [1.82, 2.24) is 19.5 Å². The Morgan fingerprint density at radius 1 is 0.198 bits per heavy atom. The van der Waals surface area contributed by atoms with Gasteiger partial charge >= 0.3 is 0 Å². The second-order valence-corrected chi connectivity index (χ2v) is 23.0. The van der Waals surface area contributed by atoms with Crippen LogP contribution < -0.4 is 0 Å². The van der Waals surface area contributed by atoms with Gasteiger partial charge in [0.2, 0.25) is 0 Å². The fourth-order valence-electron chi connectivity index (χ4n) is 13.5. The predicted molar refractivity (Wildman–Crippen MR) is 382 cm³/mol. The molecule has 0 fully saturated rings. The van der Waals surface area contributed by atoms with Crippen LogP contribution in [0.1, 0.15) is 0 Å². The van der Waals surface area contributed by atoms with E-state index in [4.69, 9.17) is 4.98 Å². The molecule has 3 heterocycles. The van der Waals surface area contributed by atoms with Crippen LogP contribution in [0.15, 0.2) is 352 Å². The minimum absolute atomic E-state index is 0.938. The molecule has 0 bridgehead atoms. The second-order valence-electron chi connectivity index (χ2n) is 23.0. The van der Waals surface area contributed by atoms with Crippen molar-refractivity contribution in [2.75, 3.05) is 0 Å². The molecule has 3 aromatic heterocycles. The molecule has 17 rings (SSSR count). The number of para-hydroxylation sites is 3. The van der Waals surface area contributed by atoms with E-state index in [1.54, 1.807) is 0 Å². The van der Waals surface area contributed by atoms with Gasteiger partial charge in [0.1, 0.15) is 5.82 Å². The summed E-state index contributed by atoms with van der Waals surface area (Å²) in [6.07, 6.45) is 7.42.